The van der Waals surface area contributed by atoms with Crippen LogP contribution >= 0.6 is 11.3 Å². The SMILES string of the molecule is O=C1c2sccc2C(=C2CCNCC2)c2ccccc2C1O. The van der Waals surface area contributed by atoms with Gasteiger partial charge in [-0.1, -0.05) is 29.8 Å². The highest BCUT2D eigenvalue weighted by molar-refractivity contribution is 7.12. The number of nitrogens with one attached hydrogen (secondary N) is 1. The molecule has 1 fully saturated rings. The van der Waals surface area contributed by atoms with Crippen LogP contribution in [-0.2, 0) is 0 Å². The number of hydrogen-bond acceptors (Lipinski definition) is 4. The largest absolute Gasteiger partial charge is 0.380 e. The normalized spacial score (nSPS) is 21.3. The van der Waals surface area contributed by atoms with E-state index in [1.807, 2.05) is 35.7 Å². The molecule has 4 rings (SSSR count). The lowest BCUT2D eigenvalue weighted by molar-refractivity contribution is 0.0753. The standard InChI is InChI=1S/C18H17NO2S/c20-16-13-4-2-1-3-12(13)15(11-5-8-19-9-6-11)14-7-10-22-18(14)17(16)21/h1-4,7,10,16,19-20H,5-6,8-9H2. The lowest BCUT2D eigenvalue weighted by Crippen LogP contribution is -2.24. The summed E-state index contributed by atoms with van der Waals surface area (Å²) in [4.78, 5) is 13.3. The molecule has 0 saturated carbocycles. The van der Waals surface area contributed by atoms with E-state index in [4.69, 9.17) is 0 Å². The van der Waals surface area contributed by atoms with E-state index < -0.39 is 6.10 Å². The molecule has 1 aromatic carbocycles. The summed E-state index contributed by atoms with van der Waals surface area (Å²) in [7, 11) is 0. The molecule has 2 aromatic rings. The van der Waals surface area contributed by atoms with Gasteiger partial charge in [0.15, 0.2) is 0 Å². The summed E-state index contributed by atoms with van der Waals surface area (Å²) in [6, 6.07) is 9.80. The molecule has 1 aliphatic carbocycles. The lowest BCUT2D eigenvalue weighted by Gasteiger charge is -2.21. The first-order chi connectivity index (χ1) is 10.8. The second-order valence-corrected chi connectivity index (χ2v) is 6.66. The number of aliphatic hydroxyl groups is 1. The molecule has 1 unspecified atom stereocenters. The third kappa shape index (κ3) is 2.07. The second-order valence-electron chi connectivity index (χ2n) is 5.75. The highest BCUT2D eigenvalue weighted by atomic mass is 32.1. The number of Topliss-reactive ketones (excluding diaryl/α,β-unsaturated/α-hetero) is 1. The summed E-state index contributed by atoms with van der Waals surface area (Å²) in [5.41, 5.74) is 5.29. The smallest absolute Gasteiger partial charge is 0.206 e. The molecule has 3 nitrogen and oxygen atoms in total. The molecule has 1 aromatic heterocycles. The van der Waals surface area contributed by atoms with Gasteiger partial charge in [-0.2, -0.15) is 0 Å². The van der Waals surface area contributed by atoms with Crippen LogP contribution in [0.15, 0.2) is 41.3 Å². The number of ketones is 1. The van der Waals surface area contributed by atoms with E-state index >= 15 is 0 Å². The van der Waals surface area contributed by atoms with E-state index in [2.05, 4.69) is 5.32 Å². The number of rotatable bonds is 0. The highest BCUT2D eigenvalue weighted by Gasteiger charge is 2.32. The van der Waals surface area contributed by atoms with Crippen molar-refractivity contribution in [3.63, 3.8) is 0 Å². The van der Waals surface area contributed by atoms with Gasteiger partial charge in [0.2, 0.25) is 5.78 Å². The molecule has 0 bridgehead atoms. The van der Waals surface area contributed by atoms with Gasteiger partial charge in [-0.15, -0.1) is 11.3 Å². The van der Waals surface area contributed by atoms with Crippen LogP contribution in [-0.4, -0.2) is 24.0 Å². The Labute approximate surface area is 133 Å². The molecule has 2 aliphatic rings. The van der Waals surface area contributed by atoms with Crippen LogP contribution in [0.4, 0.5) is 0 Å². The fourth-order valence-electron chi connectivity index (χ4n) is 3.43. The van der Waals surface area contributed by atoms with Gasteiger partial charge < -0.3 is 10.4 Å². The van der Waals surface area contributed by atoms with Crippen molar-refractivity contribution < 1.29 is 9.90 Å². The number of benzene rings is 1. The van der Waals surface area contributed by atoms with Crippen LogP contribution in [0.5, 0.6) is 0 Å². The summed E-state index contributed by atoms with van der Waals surface area (Å²) in [6.07, 6.45) is 0.917. The van der Waals surface area contributed by atoms with Crippen LogP contribution in [0.3, 0.4) is 0 Å². The molecule has 112 valence electrons. The minimum absolute atomic E-state index is 0.179. The average molecular weight is 311 g/mol. The first kappa shape index (κ1) is 13.9. The number of piperidine rings is 1. The Bertz CT molecular complexity index is 767. The van der Waals surface area contributed by atoms with E-state index in [1.165, 1.54) is 22.5 Å². The van der Waals surface area contributed by atoms with Gasteiger partial charge in [-0.05, 0) is 54.1 Å². The van der Waals surface area contributed by atoms with Gasteiger partial charge in [0.05, 0.1) is 4.88 Å². The van der Waals surface area contributed by atoms with Gasteiger partial charge >= 0.3 is 0 Å². The Morgan fingerprint density at radius 1 is 1.09 bits per heavy atom. The van der Waals surface area contributed by atoms with Gasteiger partial charge in [0, 0.05) is 5.56 Å². The van der Waals surface area contributed by atoms with Crippen molar-refractivity contribution in [3.05, 3.63) is 62.9 Å². The monoisotopic (exact) mass is 311 g/mol. The van der Waals surface area contributed by atoms with Gasteiger partial charge in [-0.3, -0.25) is 4.79 Å². The van der Waals surface area contributed by atoms with Crippen molar-refractivity contribution in [2.75, 3.05) is 13.1 Å². The fraction of sp³-hybridized carbons (Fsp3) is 0.278. The predicted octanol–water partition coefficient (Wildman–Crippen LogP) is 3.16. The third-order valence-corrected chi connectivity index (χ3v) is 5.42. The van der Waals surface area contributed by atoms with Crippen molar-refractivity contribution in [2.24, 2.45) is 0 Å². The first-order valence-electron chi connectivity index (χ1n) is 7.59. The lowest BCUT2D eigenvalue weighted by atomic mass is 9.88. The zero-order valence-electron chi connectivity index (χ0n) is 12.1. The number of thiophene rings is 1. The number of fused-ring (bicyclic) bond motifs is 2. The van der Waals surface area contributed by atoms with Crippen LogP contribution in [0.1, 0.15) is 45.3 Å². The summed E-state index contributed by atoms with van der Waals surface area (Å²) in [5, 5.41) is 15.8. The van der Waals surface area contributed by atoms with Crippen LogP contribution in [0.2, 0.25) is 0 Å². The van der Waals surface area contributed by atoms with Crippen molar-refractivity contribution >= 4 is 22.7 Å². The average Bonchev–Trinajstić information content (AvgIpc) is 3.01. The maximum absolute atomic E-state index is 12.6. The summed E-state index contributed by atoms with van der Waals surface area (Å²) >= 11 is 1.43. The Balaban J connectivity index is 2.04. The molecule has 2 heterocycles. The Hall–Kier alpha value is -1.75. The topological polar surface area (TPSA) is 49.3 Å². The van der Waals surface area contributed by atoms with Crippen molar-refractivity contribution in [3.8, 4) is 0 Å². The zero-order chi connectivity index (χ0) is 15.1. The summed E-state index contributed by atoms with van der Waals surface area (Å²) in [6.45, 7) is 1.94. The fourth-order valence-corrected chi connectivity index (χ4v) is 4.30. The van der Waals surface area contributed by atoms with Gasteiger partial charge in [0.25, 0.3) is 0 Å². The quantitative estimate of drug-likeness (QED) is 0.786. The molecule has 0 radical (unpaired) electrons. The zero-order valence-corrected chi connectivity index (χ0v) is 13.0. The van der Waals surface area contributed by atoms with Crippen LogP contribution in [0.25, 0.3) is 5.57 Å². The Kier molecular flexibility index (Phi) is 3.45. The minimum Gasteiger partial charge on any atom is -0.380 e. The van der Waals surface area contributed by atoms with Gasteiger partial charge in [-0.25, -0.2) is 0 Å². The number of carbonyl (C=O) groups is 1. The van der Waals surface area contributed by atoms with E-state index in [0.29, 0.717) is 4.88 Å². The van der Waals surface area contributed by atoms with E-state index in [-0.39, 0.29) is 5.78 Å². The van der Waals surface area contributed by atoms with E-state index in [1.54, 1.807) is 0 Å². The molecule has 0 spiro atoms. The molecule has 4 heteroatoms. The minimum atomic E-state index is -1.06. The maximum atomic E-state index is 12.6. The Morgan fingerprint density at radius 3 is 2.68 bits per heavy atom. The highest BCUT2D eigenvalue weighted by Crippen LogP contribution is 2.42. The van der Waals surface area contributed by atoms with Crippen molar-refractivity contribution in [1.82, 2.24) is 5.32 Å². The number of hydrogen-bond donors (Lipinski definition) is 2. The third-order valence-electron chi connectivity index (χ3n) is 4.49. The number of aliphatic hydroxyl groups excluding tert-OH is 1. The number of carbonyl (C=O) groups excluding carboxylic acids is 1. The molecular weight excluding hydrogens is 294 g/mol. The van der Waals surface area contributed by atoms with E-state index in [0.717, 1.165) is 42.6 Å². The molecule has 22 heavy (non-hydrogen) atoms. The molecule has 2 N–H and O–H groups in total. The summed E-state index contributed by atoms with van der Waals surface area (Å²) in [5.74, 6) is -0.179. The second kappa shape index (κ2) is 5.47. The molecule has 1 saturated heterocycles. The molecule has 1 atom stereocenters. The first-order valence-corrected chi connectivity index (χ1v) is 8.47. The van der Waals surface area contributed by atoms with E-state index in [9.17, 15) is 9.90 Å². The van der Waals surface area contributed by atoms with Gasteiger partial charge in [0.1, 0.15) is 6.10 Å². The molecular formula is C18H17NO2S. The van der Waals surface area contributed by atoms with Crippen molar-refractivity contribution in [1.29, 1.82) is 0 Å². The van der Waals surface area contributed by atoms with Crippen LogP contribution in [0, 0.1) is 0 Å². The molecule has 1 aliphatic heterocycles. The van der Waals surface area contributed by atoms with Crippen LogP contribution < -0.4 is 5.32 Å². The maximum Gasteiger partial charge on any atom is 0.206 e. The molecule has 0 amide bonds. The summed E-state index contributed by atoms with van der Waals surface area (Å²) < 4.78 is 0. The Morgan fingerprint density at radius 2 is 1.86 bits per heavy atom. The predicted molar refractivity (Wildman–Crippen MR) is 88.2 cm³/mol. The van der Waals surface area contributed by atoms with Crippen molar-refractivity contribution in [2.45, 2.75) is 18.9 Å².